The number of piperidine rings is 1. The van der Waals surface area contributed by atoms with E-state index in [9.17, 15) is 4.79 Å². The van der Waals surface area contributed by atoms with Crippen LogP contribution in [-0.2, 0) is 11.8 Å². The molecular formula is C21H24N4O. The van der Waals surface area contributed by atoms with Crippen LogP contribution in [0.15, 0.2) is 48.7 Å². The minimum absolute atomic E-state index is 0.0902. The Labute approximate surface area is 153 Å². The molecule has 0 radical (unpaired) electrons. The van der Waals surface area contributed by atoms with Gasteiger partial charge in [-0.2, -0.15) is 5.10 Å². The molecule has 3 heterocycles. The fourth-order valence-corrected chi connectivity index (χ4v) is 3.95. The van der Waals surface area contributed by atoms with Crippen molar-refractivity contribution in [1.82, 2.24) is 19.7 Å². The number of carbonyl (C=O) groups is 1. The number of nitrogens with zero attached hydrogens (tertiary/aromatic N) is 4. The van der Waals surface area contributed by atoms with Crippen molar-refractivity contribution in [3.05, 3.63) is 59.9 Å². The number of pyridine rings is 1. The molecule has 1 aliphatic rings. The summed E-state index contributed by atoms with van der Waals surface area (Å²) < 4.78 is 1.86. The number of rotatable bonds is 3. The predicted octanol–water partition coefficient (Wildman–Crippen LogP) is 3.48. The standard InChI is InChI=1S/C21H24N4O/c1-15(16-7-4-3-5-8-16)21(26)25-13-10-17(11-14-25)19-18-9-6-12-22-20(18)24(2)23-19/h3-9,12,15,17H,10-11,13-14H2,1-2H3/t15-/m1/s1. The van der Waals surface area contributed by atoms with Gasteiger partial charge in [-0.3, -0.25) is 9.48 Å². The summed E-state index contributed by atoms with van der Waals surface area (Å²) in [6, 6.07) is 14.1. The van der Waals surface area contributed by atoms with E-state index >= 15 is 0 Å². The lowest BCUT2D eigenvalue weighted by Crippen LogP contribution is -2.40. The van der Waals surface area contributed by atoms with Crippen molar-refractivity contribution in [3.63, 3.8) is 0 Å². The molecule has 1 aromatic carbocycles. The smallest absolute Gasteiger partial charge is 0.229 e. The maximum absolute atomic E-state index is 12.9. The molecule has 1 fully saturated rings. The van der Waals surface area contributed by atoms with Gasteiger partial charge < -0.3 is 4.90 Å². The highest BCUT2D eigenvalue weighted by molar-refractivity contribution is 5.83. The summed E-state index contributed by atoms with van der Waals surface area (Å²) in [6.45, 7) is 3.58. The number of hydrogen-bond acceptors (Lipinski definition) is 3. The van der Waals surface area contributed by atoms with E-state index in [1.165, 1.54) is 0 Å². The van der Waals surface area contributed by atoms with Crippen LogP contribution < -0.4 is 0 Å². The van der Waals surface area contributed by atoms with Gasteiger partial charge in [0.1, 0.15) is 0 Å². The molecule has 0 saturated carbocycles. The molecular weight excluding hydrogens is 324 g/mol. The molecule has 5 heteroatoms. The van der Waals surface area contributed by atoms with Gasteiger partial charge >= 0.3 is 0 Å². The molecule has 1 amide bonds. The van der Waals surface area contributed by atoms with Crippen LogP contribution in [0, 0.1) is 0 Å². The zero-order valence-electron chi connectivity index (χ0n) is 15.3. The van der Waals surface area contributed by atoms with Crippen molar-refractivity contribution in [2.24, 2.45) is 7.05 Å². The van der Waals surface area contributed by atoms with E-state index in [0.29, 0.717) is 5.92 Å². The van der Waals surface area contributed by atoms with Gasteiger partial charge in [0, 0.05) is 37.6 Å². The first kappa shape index (κ1) is 16.8. The summed E-state index contributed by atoms with van der Waals surface area (Å²) in [5.74, 6) is 0.522. The minimum atomic E-state index is -0.0902. The second-order valence-corrected chi connectivity index (χ2v) is 7.12. The normalized spacial score (nSPS) is 16.8. The first-order valence-electron chi connectivity index (χ1n) is 9.26. The van der Waals surface area contributed by atoms with Crippen molar-refractivity contribution in [2.75, 3.05) is 13.1 Å². The van der Waals surface area contributed by atoms with Gasteiger partial charge in [-0.1, -0.05) is 30.3 Å². The van der Waals surface area contributed by atoms with Crippen LogP contribution in [0.1, 0.15) is 42.9 Å². The quantitative estimate of drug-likeness (QED) is 0.728. The SMILES string of the molecule is C[C@@H](C(=O)N1CCC(c2nn(C)c3ncccc23)CC1)c1ccccc1. The zero-order chi connectivity index (χ0) is 18.1. The Morgan fingerprint density at radius 2 is 1.85 bits per heavy atom. The molecule has 26 heavy (non-hydrogen) atoms. The fraction of sp³-hybridized carbons (Fsp3) is 0.381. The molecule has 4 rings (SSSR count). The molecule has 0 N–H and O–H groups in total. The summed E-state index contributed by atoms with van der Waals surface area (Å²) in [5, 5.41) is 5.85. The number of aromatic nitrogens is 3. The molecule has 3 aromatic rings. The van der Waals surface area contributed by atoms with Gasteiger partial charge in [0.15, 0.2) is 5.65 Å². The molecule has 134 valence electrons. The van der Waals surface area contributed by atoms with Gasteiger partial charge in [0.25, 0.3) is 0 Å². The Morgan fingerprint density at radius 1 is 1.12 bits per heavy atom. The van der Waals surface area contributed by atoms with Gasteiger partial charge in [-0.05, 0) is 37.5 Å². The lowest BCUT2D eigenvalue weighted by atomic mass is 9.90. The minimum Gasteiger partial charge on any atom is -0.342 e. The molecule has 1 aliphatic heterocycles. The number of hydrogen-bond donors (Lipinski definition) is 0. The summed E-state index contributed by atoms with van der Waals surface area (Å²) in [7, 11) is 1.94. The van der Waals surface area contributed by atoms with E-state index in [-0.39, 0.29) is 11.8 Å². The second kappa shape index (κ2) is 6.90. The average Bonchev–Trinajstić information content (AvgIpc) is 3.05. The largest absolute Gasteiger partial charge is 0.342 e. The highest BCUT2D eigenvalue weighted by atomic mass is 16.2. The Balaban J connectivity index is 1.46. The van der Waals surface area contributed by atoms with E-state index in [0.717, 1.165) is 48.2 Å². The van der Waals surface area contributed by atoms with Crippen LogP contribution in [0.25, 0.3) is 11.0 Å². The van der Waals surface area contributed by atoms with Gasteiger partial charge in [0.05, 0.1) is 11.6 Å². The maximum Gasteiger partial charge on any atom is 0.229 e. The first-order valence-corrected chi connectivity index (χ1v) is 9.26. The van der Waals surface area contributed by atoms with Gasteiger partial charge in [-0.25, -0.2) is 4.98 Å². The van der Waals surface area contributed by atoms with Crippen LogP contribution in [0.3, 0.4) is 0 Å². The Bertz CT molecular complexity index is 910. The van der Waals surface area contributed by atoms with Crippen molar-refractivity contribution in [2.45, 2.75) is 31.6 Å². The molecule has 5 nitrogen and oxygen atoms in total. The van der Waals surface area contributed by atoms with E-state index in [2.05, 4.69) is 11.1 Å². The fourth-order valence-electron chi connectivity index (χ4n) is 3.95. The third kappa shape index (κ3) is 2.98. The Hall–Kier alpha value is -2.69. The van der Waals surface area contributed by atoms with E-state index in [1.54, 1.807) is 6.20 Å². The third-order valence-corrected chi connectivity index (χ3v) is 5.49. The summed E-state index contributed by atoms with van der Waals surface area (Å²) in [4.78, 5) is 19.3. The van der Waals surface area contributed by atoms with E-state index < -0.39 is 0 Å². The lowest BCUT2D eigenvalue weighted by molar-refractivity contribution is -0.133. The van der Waals surface area contributed by atoms with Crippen LogP contribution >= 0.6 is 0 Å². The maximum atomic E-state index is 12.9. The van der Waals surface area contributed by atoms with Crippen LogP contribution in [0.5, 0.6) is 0 Å². The highest BCUT2D eigenvalue weighted by Gasteiger charge is 2.29. The molecule has 1 atom stereocenters. The summed E-state index contributed by atoms with van der Waals surface area (Å²) >= 11 is 0. The van der Waals surface area contributed by atoms with Crippen LogP contribution in [0.4, 0.5) is 0 Å². The predicted molar refractivity (Wildman–Crippen MR) is 102 cm³/mol. The van der Waals surface area contributed by atoms with E-state index in [4.69, 9.17) is 5.10 Å². The Morgan fingerprint density at radius 3 is 2.58 bits per heavy atom. The van der Waals surface area contributed by atoms with Crippen molar-refractivity contribution in [1.29, 1.82) is 0 Å². The number of likely N-dealkylation sites (tertiary alicyclic amines) is 1. The number of fused-ring (bicyclic) bond motifs is 1. The number of carbonyl (C=O) groups excluding carboxylic acids is 1. The number of aryl methyl sites for hydroxylation is 1. The third-order valence-electron chi connectivity index (χ3n) is 5.49. The molecule has 1 saturated heterocycles. The zero-order valence-corrected chi connectivity index (χ0v) is 15.3. The number of benzene rings is 1. The van der Waals surface area contributed by atoms with Crippen molar-refractivity contribution >= 4 is 16.9 Å². The molecule has 0 spiro atoms. The average molecular weight is 348 g/mol. The van der Waals surface area contributed by atoms with Gasteiger partial charge in [0.2, 0.25) is 5.91 Å². The van der Waals surface area contributed by atoms with E-state index in [1.807, 2.05) is 60.0 Å². The first-order chi connectivity index (χ1) is 12.6. The van der Waals surface area contributed by atoms with Gasteiger partial charge in [-0.15, -0.1) is 0 Å². The molecule has 2 aromatic heterocycles. The Kier molecular flexibility index (Phi) is 4.45. The van der Waals surface area contributed by atoms with Crippen molar-refractivity contribution in [3.8, 4) is 0 Å². The number of amides is 1. The molecule has 0 bridgehead atoms. The highest BCUT2D eigenvalue weighted by Crippen LogP contribution is 2.32. The summed E-state index contributed by atoms with van der Waals surface area (Å²) in [6.07, 6.45) is 3.71. The molecule has 0 unspecified atom stereocenters. The van der Waals surface area contributed by atoms with Crippen molar-refractivity contribution < 1.29 is 4.79 Å². The lowest BCUT2D eigenvalue weighted by Gasteiger charge is -2.33. The topological polar surface area (TPSA) is 51.0 Å². The monoisotopic (exact) mass is 348 g/mol. The van der Waals surface area contributed by atoms with Crippen LogP contribution in [-0.4, -0.2) is 38.7 Å². The van der Waals surface area contributed by atoms with Crippen LogP contribution in [0.2, 0.25) is 0 Å². The second-order valence-electron chi connectivity index (χ2n) is 7.12. The molecule has 0 aliphatic carbocycles. The summed E-state index contributed by atoms with van der Waals surface area (Å²) in [5.41, 5.74) is 3.14.